The topological polar surface area (TPSA) is 28.7 Å². The van der Waals surface area contributed by atoms with Gasteiger partial charge >= 0.3 is 0 Å². The molecule has 0 atom stereocenters. The van der Waals surface area contributed by atoms with Crippen LogP contribution in [0.3, 0.4) is 0 Å². The number of H-pyrrole nitrogens is 1. The van der Waals surface area contributed by atoms with Gasteiger partial charge in [-0.1, -0.05) is 31.4 Å². The summed E-state index contributed by atoms with van der Waals surface area (Å²) < 4.78 is 0. The van der Waals surface area contributed by atoms with Gasteiger partial charge in [0.15, 0.2) is 0 Å². The highest BCUT2D eigenvalue weighted by Crippen LogP contribution is 2.26. The standard InChI is InChI=1S/C15H16N2/c1-5-12-13(6-2)17-15(16-12)14-10(3)8-7-9-11(14)4/h5-9H,1-2H2,3-4H3,(H,16,17). The van der Waals surface area contributed by atoms with Crippen LogP contribution in [0.25, 0.3) is 23.5 Å². The molecule has 0 unspecified atom stereocenters. The second kappa shape index (κ2) is 4.42. The molecule has 2 rings (SSSR count). The molecule has 1 N–H and O–H groups in total. The molecule has 2 heteroatoms. The summed E-state index contributed by atoms with van der Waals surface area (Å²) in [6, 6.07) is 6.23. The molecule has 86 valence electrons. The normalized spacial score (nSPS) is 10.2. The maximum atomic E-state index is 4.55. The lowest BCUT2D eigenvalue weighted by atomic mass is 10.0. The predicted octanol–water partition coefficient (Wildman–Crippen LogP) is 3.98. The lowest BCUT2D eigenvalue weighted by Crippen LogP contribution is -1.89. The van der Waals surface area contributed by atoms with Crippen molar-refractivity contribution in [3.8, 4) is 11.4 Å². The minimum absolute atomic E-state index is 0.845. The van der Waals surface area contributed by atoms with E-state index in [9.17, 15) is 0 Å². The number of hydrogen-bond acceptors (Lipinski definition) is 1. The van der Waals surface area contributed by atoms with Crippen LogP contribution >= 0.6 is 0 Å². The van der Waals surface area contributed by atoms with Crippen molar-refractivity contribution in [3.05, 3.63) is 53.9 Å². The van der Waals surface area contributed by atoms with E-state index >= 15 is 0 Å². The molecular weight excluding hydrogens is 208 g/mol. The van der Waals surface area contributed by atoms with Crippen LogP contribution in [0, 0.1) is 13.8 Å². The minimum Gasteiger partial charge on any atom is -0.338 e. The fourth-order valence-corrected chi connectivity index (χ4v) is 2.02. The van der Waals surface area contributed by atoms with E-state index in [1.165, 1.54) is 11.1 Å². The average molecular weight is 224 g/mol. The Morgan fingerprint density at radius 2 is 1.76 bits per heavy atom. The summed E-state index contributed by atoms with van der Waals surface area (Å²) in [7, 11) is 0. The third-order valence-corrected chi connectivity index (χ3v) is 2.88. The van der Waals surface area contributed by atoms with Crippen molar-refractivity contribution in [2.75, 3.05) is 0 Å². The van der Waals surface area contributed by atoms with Gasteiger partial charge in [-0.15, -0.1) is 0 Å². The molecule has 0 aliphatic rings. The molecule has 2 aromatic rings. The Labute approximate surface area is 102 Å². The van der Waals surface area contributed by atoms with Crippen LogP contribution in [0.2, 0.25) is 0 Å². The van der Waals surface area contributed by atoms with Crippen LogP contribution in [0.1, 0.15) is 22.5 Å². The SMILES string of the molecule is C=Cc1nc(-c2c(C)cccc2C)[nH]c1C=C. The highest BCUT2D eigenvalue weighted by molar-refractivity contribution is 5.69. The molecule has 0 radical (unpaired) electrons. The Hall–Kier alpha value is -2.09. The Morgan fingerprint density at radius 3 is 2.24 bits per heavy atom. The van der Waals surface area contributed by atoms with Crippen molar-refractivity contribution in [2.45, 2.75) is 13.8 Å². The first-order valence-electron chi connectivity index (χ1n) is 5.59. The summed E-state index contributed by atoms with van der Waals surface area (Å²) in [6.45, 7) is 11.7. The maximum absolute atomic E-state index is 4.55. The van der Waals surface area contributed by atoms with Crippen LogP contribution in [0.4, 0.5) is 0 Å². The molecule has 0 fully saturated rings. The Bertz CT molecular complexity index is 531. The van der Waals surface area contributed by atoms with Crippen molar-refractivity contribution in [1.82, 2.24) is 9.97 Å². The summed E-state index contributed by atoms with van der Waals surface area (Å²) >= 11 is 0. The van der Waals surface area contributed by atoms with Crippen molar-refractivity contribution in [3.63, 3.8) is 0 Å². The summed E-state index contributed by atoms with van der Waals surface area (Å²) in [5, 5.41) is 0. The molecule has 0 bridgehead atoms. The number of benzene rings is 1. The number of imidazole rings is 1. The fraction of sp³-hybridized carbons (Fsp3) is 0.133. The van der Waals surface area contributed by atoms with Gasteiger partial charge in [0.05, 0.1) is 11.4 Å². The van der Waals surface area contributed by atoms with E-state index in [1.807, 2.05) is 0 Å². The van der Waals surface area contributed by atoms with Crippen LogP contribution in [0.5, 0.6) is 0 Å². The minimum atomic E-state index is 0.845. The maximum Gasteiger partial charge on any atom is 0.139 e. The molecule has 1 aromatic carbocycles. The van der Waals surface area contributed by atoms with E-state index in [-0.39, 0.29) is 0 Å². The Balaban J connectivity index is 2.64. The van der Waals surface area contributed by atoms with E-state index in [4.69, 9.17) is 0 Å². The number of aromatic nitrogens is 2. The molecule has 0 spiro atoms. The molecule has 0 saturated heterocycles. The monoisotopic (exact) mass is 224 g/mol. The smallest absolute Gasteiger partial charge is 0.139 e. The molecule has 0 aliphatic carbocycles. The number of rotatable bonds is 3. The summed E-state index contributed by atoms with van der Waals surface area (Å²) in [6.07, 6.45) is 3.51. The molecule has 0 amide bonds. The van der Waals surface area contributed by atoms with Crippen LogP contribution in [-0.4, -0.2) is 9.97 Å². The molecule has 1 heterocycles. The molecule has 17 heavy (non-hydrogen) atoms. The zero-order chi connectivity index (χ0) is 12.4. The van der Waals surface area contributed by atoms with Gasteiger partial charge in [0, 0.05) is 5.56 Å². The van der Waals surface area contributed by atoms with E-state index in [1.54, 1.807) is 12.2 Å². The number of aromatic amines is 1. The van der Waals surface area contributed by atoms with Crippen LogP contribution in [0.15, 0.2) is 31.4 Å². The number of aryl methyl sites for hydroxylation is 2. The van der Waals surface area contributed by atoms with E-state index in [2.05, 4.69) is 55.2 Å². The number of hydrogen-bond donors (Lipinski definition) is 1. The molecule has 2 nitrogen and oxygen atoms in total. The fourth-order valence-electron chi connectivity index (χ4n) is 2.02. The predicted molar refractivity (Wildman–Crippen MR) is 73.7 cm³/mol. The zero-order valence-electron chi connectivity index (χ0n) is 10.2. The van der Waals surface area contributed by atoms with Crippen LogP contribution < -0.4 is 0 Å². The highest BCUT2D eigenvalue weighted by atomic mass is 14.9. The average Bonchev–Trinajstić information content (AvgIpc) is 2.72. The lowest BCUT2D eigenvalue weighted by molar-refractivity contribution is 1.25. The van der Waals surface area contributed by atoms with Gasteiger partial charge in [-0.3, -0.25) is 0 Å². The zero-order valence-corrected chi connectivity index (χ0v) is 10.2. The first kappa shape index (κ1) is 11.4. The van der Waals surface area contributed by atoms with E-state index in [0.717, 1.165) is 22.8 Å². The quantitative estimate of drug-likeness (QED) is 0.839. The van der Waals surface area contributed by atoms with Crippen molar-refractivity contribution in [2.24, 2.45) is 0 Å². The van der Waals surface area contributed by atoms with Crippen LogP contribution in [-0.2, 0) is 0 Å². The summed E-state index contributed by atoms with van der Waals surface area (Å²) in [5.74, 6) is 0.880. The van der Waals surface area contributed by atoms with Gasteiger partial charge in [0.25, 0.3) is 0 Å². The summed E-state index contributed by atoms with van der Waals surface area (Å²) in [5.41, 5.74) is 5.34. The Morgan fingerprint density at radius 1 is 1.12 bits per heavy atom. The van der Waals surface area contributed by atoms with Crippen molar-refractivity contribution >= 4 is 12.2 Å². The summed E-state index contributed by atoms with van der Waals surface area (Å²) in [4.78, 5) is 7.83. The second-order valence-corrected chi connectivity index (χ2v) is 4.06. The molecule has 0 saturated carbocycles. The molecule has 1 aromatic heterocycles. The third-order valence-electron chi connectivity index (χ3n) is 2.88. The van der Waals surface area contributed by atoms with Gasteiger partial charge < -0.3 is 4.98 Å². The lowest BCUT2D eigenvalue weighted by Gasteiger charge is -2.05. The highest BCUT2D eigenvalue weighted by Gasteiger charge is 2.11. The molecular formula is C15H16N2. The number of nitrogens with one attached hydrogen (secondary N) is 1. The largest absolute Gasteiger partial charge is 0.338 e. The van der Waals surface area contributed by atoms with Gasteiger partial charge in [0.1, 0.15) is 5.82 Å². The molecule has 0 aliphatic heterocycles. The van der Waals surface area contributed by atoms with E-state index < -0.39 is 0 Å². The first-order valence-corrected chi connectivity index (χ1v) is 5.59. The number of nitrogens with zero attached hydrogens (tertiary/aromatic N) is 1. The van der Waals surface area contributed by atoms with Gasteiger partial charge in [0.2, 0.25) is 0 Å². The van der Waals surface area contributed by atoms with Gasteiger partial charge in [-0.05, 0) is 37.1 Å². The van der Waals surface area contributed by atoms with Crippen molar-refractivity contribution in [1.29, 1.82) is 0 Å². The van der Waals surface area contributed by atoms with Gasteiger partial charge in [-0.2, -0.15) is 0 Å². The first-order chi connectivity index (χ1) is 8.17. The van der Waals surface area contributed by atoms with E-state index in [0.29, 0.717) is 0 Å². The Kier molecular flexibility index (Phi) is 2.96. The third kappa shape index (κ3) is 1.94. The van der Waals surface area contributed by atoms with Crippen molar-refractivity contribution < 1.29 is 0 Å². The second-order valence-electron chi connectivity index (χ2n) is 4.06. The van der Waals surface area contributed by atoms with Gasteiger partial charge in [-0.25, -0.2) is 4.98 Å².